The second kappa shape index (κ2) is 9.15. The van der Waals surface area contributed by atoms with Gasteiger partial charge in [0.1, 0.15) is 20.5 Å². The molecule has 2 aromatic rings. The van der Waals surface area contributed by atoms with E-state index in [9.17, 15) is 15.0 Å². The molecular formula is C20H12Br4Na2O5. The van der Waals surface area contributed by atoms with Gasteiger partial charge in [0.25, 0.3) is 0 Å². The molecule has 0 bridgehead atoms. The molecule has 152 valence electrons. The van der Waals surface area contributed by atoms with Crippen LogP contribution < -0.4 is 4.74 Å². The number of fused-ring (bicyclic) bond motifs is 5. The zero-order valence-corrected chi connectivity index (χ0v) is 20.6. The van der Waals surface area contributed by atoms with E-state index in [2.05, 4.69) is 63.7 Å². The van der Waals surface area contributed by atoms with Gasteiger partial charge in [0, 0.05) is 22.0 Å². The Morgan fingerprint density at radius 3 is 2.52 bits per heavy atom. The summed E-state index contributed by atoms with van der Waals surface area (Å²) in [5.74, 6) is 0.243. The van der Waals surface area contributed by atoms with E-state index in [4.69, 9.17) is 9.47 Å². The van der Waals surface area contributed by atoms with E-state index in [1.165, 1.54) is 0 Å². The van der Waals surface area contributed by atoms with Gasteiger partial charge in [-0.3, -0.25) is 0 Å². The van der Waals surface area contributed by atoms with Crippen LogP contribution in [0.4, 0.5) is 0 Å². The van der Waals surface area contributed by atoms with E-state index in [-0.39, 0.29) is 71.3 Å². The number of phenols is 1. The van der Waals surface area contributed by atoms with E-state index in [0.717, 1.165) is 0 Å². The van der Waals surface area contributed by atoms with Crippen molar-refractivity contribution >= 4 is 129 Å². The first-order valence-corrected chi connectivity index (χ1v) is 11.6. The number of carbonyl (C=O) groups excluding carboxylic acids is 1. The standard InChI is InChI=1S/C20H10Br4O5.2Na.2H/c21-11-3-1-2-8-14(11)20(29-18(8)26)9-4-5-19(24,27)7-13(9)28-17-10(20)6-12(22)16(25)15(17)23;;;;/h1-6,25,27H,7H2;;;;. The Morgan fingerprint density at radius 2 is 1.81 bits per heavy atom. The Bertz CT molecular complexity index is 1190. The topological polar surface area (TPSA) is 76.0 Å². The van der Waals surface area contributed by atoms with E-state index in [1.807, 2.05) is 6.07 Å². The van der Waals surface area contributed by atoms with Crippen molar-refractivity contribution in [3.8, 4) is 11.5 Å². The summed E-state index contributed by atoms with van der Waals surface area (Å²) in [5.41, 5.74) is 0.950. The van der Waals surface area contributed by atoms with E-state index < -0.39 is 16.1 Å². The first-order valence-electron chi connectivity index (χ1n) is 8.41. The Labute approximate surface area is 255 Å². The SMILES string of the molecule is O=C1OC2(C3=C(CC(O)(Br)C=C3)Oc3c2cc(Br)c(O)c3Br)c2c(Br)cccc21.[NaH].[NaH]. The Hall–Kier alpha value is 0.870. The minimum absolute atomic E-state index is 0. The number of hydrogen-bond donors (Lipinski definition) is 2. The number of esters is 1. The minimum atomic E-state index is -1.30. The Balaban J connectivity index is 0.00000136. The molecule has 5 rings (SSSR count). The number of aliphatic hydroxyl groups is 1. The second-order valence-electron chi connectivity index (χ2n) is 6.90. The molecule has 31 heavy (non-hydrogen) atoms. The molecule has 2 N–H and O–H groups in total. The molecule has 2 heterocycles. The molecule has 0 aromatic heterocycles. The quantitative estimate of drug-likeness (QED) is 0.241. The predicted molar refractivity (Wildman–Crippen MR) is 133 cm³/mol. The summed E-state index contributed by atoms with van der Waals surface area (Å²) in [4.78, 5) is 12.9. The van der Waals surface area contributed by atoms with E-state index >= 15 is 0 Å². The van der Waals surface area contributed by atoms with Crippen molar-refractivity contribution in [2.24, 2.45) is 0 Å². The molecular weight excluding hydrogens is 686 g/mol. The fourth-order valence-electron chi connectivity index (χ4n) is 3.99. The normalized spacial score (nSPS) is 25.0. The van der Waals surface area contributed by atoms with Crippen LogP contribution in [0.1, 0.15) is 27.9 Å². The van der Waals surface area contributed by atoms with Crippen LogP contribution in [0.3, 0.4) is 0 Å². The summed E-state index contributed by atoms with van der Waals surface area (Å²) in [6.07, 6.45) is 3.41. The van der Waals surface area contributed by atoms with Crippen molar-refractivity contribution in [1.82, 2.24) is 0 Å². The third kappa shape index (κ3) is 3.93. The number of rotatable bonds is 0. The van der Waals surface area contributed by atoms with Crippen molar-refractivity contribution in [3.63, 3.8) is 0 Å². The van der Waals surface area contributed by atoms with Crippen LogP contribution >= 0.6 is 63.7 Å². The number of benzene rings is 2. The van der Waals surface area contributed by atoms with Gasteiger partial charge in [-0.05, 0) is 72.1 Å². The molecule has 5 nitrogen and oxygen atoms in total. The molecule has 1 aliphatic carbocycles. The number of phenolic OH excluding ortho intramolecular Hbond substituents is 1. The molecule has 2 aliphatic heterocycles. The zero-order valence-electron chi connectivity index (χ0n) is 14.3. The molecule has 1 spiro atoms. The van der Waals surface area contributed by atoms with E-state index in [0.29, 0.717) is 47.2 Å². The number of halogens is 4. The van der Waals surface area contributed by atoms with Crippen LogP contribution in [-0.2, 0) is 10.3 Å². The number of carbonyl (C=O) groups is 1. The van der Waals surface area contributed by atoms with Crippen molar-refractivity contribution in [2.45, 2.75) is 16.5 Å². The van der Waals surface area contributed by atoms with Crippen molar-refractivity contribution in [1.29, 1.82) is 0 Å². The average molecular weight is 698 g/mol. The average Bonchev–Trinajstić information content (AvgIpc) is 2.95. The van der Waals surface area contributed by atoms with Gasteiger partial charge in [-0.15, -0.1) is 0 Å². The van der Waals surface area contributed by atoms with Crippen LogP contribution in [-0.4, -0.2) is 79.8 Å². The monoisotopic (exact) mass is 694 g/mol. The summed E-state index contributed by atoms with van der Waals surface area (Å²) in [7, 11) is 0. The Kier molecular flexibility index (Phi) is 7.81. The number of aromatic hydroxyl groups is 1. The fourth-order valence-corrected chi connectivity index (χ4v) is 6.22. The molecule has 2 atom stereocenters. The number of hydrogen-bond acceptors (Lipinski definition) is 5. The molecule has 11 heteroatoms. The van der Waals surface area contributed by atoms with Gasteiger partial charge in [-0.25, -0.2) is 4.79 Å². The summed E-state index contributed by atoms with van der Waals surface area (Å²) in [5, 5.41) is 20.9. The maximum atomic E-state index is 12.9. The maximum absolute atomic E-state index is 12.9. The van der Waals surface area contributed by atoms with Gasteiger partial charge in [0.05, 0.1) is 15.6 Å². The van der Waals surface area contributed by atoms with Gasteiger partial charge in [0.15, 0.2) is 11.4 Å². The first kappa shape index (κ1) is 26.5. The number of ether oxygens (including phenoxy) is 2. The summed E-state index contributed by atoms with van der Waals surface area (Å²) in [6, 6.07) is 7.01. The van der Waals surface area contributed by atoms with Crippen LogP contribution in [0, 0.1) is 0 Å². The molecule has 0 fully saturated rings. The van der Waals surface area contributed by atoms with Gasteiger partial charge in [-0.1, -0.05) is 28.1 Å². The summed E-state index contributed by atoms with van der Waals surface area (Å²) < 4.78 is 12.3. The zero-order chi connectivity index (χ0) is 20.7. The van der Waals surface area contributed by atoms with Gasteiger partial charge >= 0.3 is 65.1 Å². The van der Waals surface area contributed by atoms with Crippen molar-refractivity contribution < 1.29 is 24.5 Å². The van der Waals surface area contributed by atoms with Crippen LogP contribution in [0.5, 0.6) is 11.5 Å². The van der Waals surface area contributed by atoms with Gasteiger partial charge < -0.3 is 19.7 Å². The van der Waals surface area contributed by atoms with Crippen LogP contribution in [0.25, 0.3) is 0 Å². The molecule has 0 saturated carbocycles. The van der Waals surface area contributed by atoms with Crippen molar-refractivity contribution in [2.75, 3.05) is 0 Å². The third-order valence-electron chi connectivity index (χ3n) is 5.18. The molecule has 0 amide bonds. The molecule has 2 unspecified atom stereocenters. The van der Waals surface area contributed by atoms with Gasteiger partial charge in [0.2, 0.25) is 0 Å². The molecule has 0 saturated heterocycles. The Morgan fingerprint density at radius 1 is 1.10 bits per heavy atom. The molecule has 2 aromatic carbocycles. The summed E-state index contributed by atoms with van der Waals surface area (Å²) in [6.45, 7) is 0. The third-order valence-corrected chi connectivity index (χ3v) is 7.72. The number of alkyl halides is 1. The van der Waals surface area contributed by atoms with Crippen molar-refractivity contribution in [3.05, 3.63) is 77.9 Å². The predicted octanol–water partition coefficient (Wildman–Crippen LogP) is 4.49. The fraction of sp³-hybridized carbons (Fsp3) is 0.150. The van der Waals surface area contributed by atoms with E-state index in [1.54, 1.807) is 30.4 Å². The first-order chi connectivity index (χ1) is 13.7. The second-order valence-corrected chi connectivity index (χ2v) is 10.8. The molecule has 0 radical (unpaired) electrons. The van der Waals surface area contributed by atoms with Crippen LogP contribution in [0.2, 0.25) is 0 Å². The molecule has 3 aliphatic rings. The summed E-state index contributed by atoms with van der Waals surface area (Å²) >= 11 is 13.6. The van der Waals surface area contributed by atoms with Gasteiger partial charge in [-0.2, -0.15) is 0 Å². The van der Waals surface area contributed by atoms with Crippen LogP contribution in [0.15, 0.2) is 61.2 Å².